The number of carbonyl (C=O) groups is 1. The molecule has 0 fully saturated rings. The maximum absolute atomic E-state index is 12.8. The highest BCUT2D eigenvalue weighted by atomic mass is 32.7. The highest BCUT2D eigenvalue weighted by Crippen LogP contribution is 2.59. The Morgan fingerprint density at radius 2 is 1.45 bits per heavy atom. The summed E-state index contributed by atoms with van der Waals surface area (Å²) >= 11 is 1.86. The summed E-state index contributed by atoms with van der Waals surface area (Å²) in [4.78, 5) is 12.8. The Labute approximate surface area is 198 Å². The second kappa shape index (κ2) is 21.6. The van der Waals surface area contributed by atoms with Crippen LogP contribution in [-0.4, -0.2) is 35.7 Å². The number of allylic oxidation sites excluding steroid dienone is 2. The highest BCUT2D eigenvalue weighted by molar-refractivity contribution is 8.56. The van der Waals surface area contributed by atoms with E-state index in [4.69, 9.17) is 4.52 Å². The summed E-state index contributed by atoms with van der Waals surface area (Å²) in [6.07, 6.45) is 19.5. The Hall–Kier alpha value is -0.250. The van der Waals surface area contributed by atoms with Crippen molar-refractivity contribution in [2.24, 2.45) is 0 Å². The van der Waals surface area contributed by atoms with Gasteiger partial charge in [-0.15, -0.1) is 0 Å². The largest absolute Gasteiger partial charge is 0.381 e. The second-order valence-electron chi connectivity index (χ2n) is 8.13. The molecule has 0 saturated heterocycles. The van der Waals surface area contributed by atoms with Crippen LogP contribution in [0.5, 0.6) is 0 Å². The summed E-state index contributed by atoms with van der Waals surface area (Å²) in [5.74, 6) is 1.17. The van der Waals surface area contributed by atoms with Crippen molar-refractivity contribution in [3.8, 4) is 0 Å². The third kappa shape index (κ3) is 15.3. The van der Waals surface area contributed by atoms with Crippen LogP contribution in [0.1, 0.15) is 118 Å². The average Bonchev–Trinajstić information content (AvgIpc) is 2.77. The van der Waals surface area contributed by atoms with Gasteiger partial charge in [-0.05, 0) is 57.3 Å². The van der Waals surface area contributed by atoms with Gasteiger partial charge in [-0.25, -0.2) is 4.33 Å². The van der Waals surface area contributed by atoms with Crippen LogP contribution < -0.4 is 5.09 Å². The molecule has 0 aromatic carbocycles. The van der Waals surface area contributed by atoms with Gasteiger partial charge in [-0.1, -0.05) is 77.9 Å². The van der Waals surface area contributed by atoms with Gasteiger partial charge in [0.1, 0.15) is 13.1 Å². The predicted molar refractivity (Wildman–Crippen MR) is 141 cm³/mol. The summed E-state index contributed by atoms with van der Waals surface area (Å²) < 4.78 is 8.78. The lowest BCUT2D eigenvalue weighted by atomic mass is 10.1. The molecule has 0 aromatic heterocycles. The number of unbranched alkanes of at least 4 members (excludes halogenated alkanes) is 8. The van der Waals surface area contributed by atoms with Crippen molar-refractivity contribution in [1.82, 2.24) is 5.09 Å². The van der Waals surface area contributed by atoms with Crippen molar-refractivity contribution in [3.63, 3.8) is 0 Å². The Morgan fingerprint density at radius 1 is 0.839 bits per heavy atom. The number of hydrogen-bond acceptors (Lipinski definition) is 3. The Balaban J connectivity index is 4.73. The molecule has 1 atom stereocenters. The van der Waals surface area contributed by atoms with E-state index in [9.17, 15) is 4.79 Å². The topological polar surface area (TPSA) is 41.3 Å². The molecule has 184 valence electrons. The number of hydrogen-bond donors (Lipinski definition) is 1. The second-order valence-corrected chi connectivity index (χ2v) is 13.1. The highest BCUT2D eigenvalue weighted by Gasteiger charge is 2.34. The molecular weight excluding hydrogens is 423 g/mol. The van der Waals surface area contributed by atoms with E-state index in [1.165, 1.54) is 57.8 Å². The van der Waals surface area contributed by atoms with E-state index in [0.717, 1.165) is 38.1 Å². The average molecular weight is 476 g/mol. The molecule has 31 heavy (non-hydrogen) atoms. The zero-order valence-electron chi connectivity index (χ0n) is 21.3. The van der Waals surface area contributed by atoms with Gasteiger partial charge in [-0.3, -0.25) is 14.4 Å². The Kier molecular flexibility index (Phi) is 21.4. The van der Waals surface area contributed by atoms with Crippen LogP contribution in [0.4, 0.5) is 0 Å². The van der Waals surface area contributed by atoms with E-state index in [0.29, 0.717) is 13.0 Å². The monoisotopic (exact) mass is 475 g/mol. The van der Waals surface area contributed by atoms with Crippen molar-refractivity contribution in [1.29, 1.82) is 0 Å². The first-order chi connectivity index (χ1) is 15.1. The van der Waals surface area contributed by atoms with Gasteiger partial charge in [0.2, 0.25) is 5.91 Å². The van der Waals surface area contributed by atoms with Gasteiger partial charge in [0.05, 0.1) is 6.61 Å². The van der Waals surface area contributed by atoms with Crippen molar-refractivity contribution in [2.45, 2.75) is 118 Å². The third-order valence-corrected chi connectivity index (χ3v) is 11.4. The first kappa shape index (κ1) is 30.8. The van der Waals surface area contributed by atoms with Crippen LogP contribution in [0.25, 0.3) is 0 Å². The van der Waals surface area contributed by atoms with Gasteiger partial charge in [0, 0.05) is 12.2 Å². The molecule has 1 amide bonds. The van der Waals surface area contributed by atoms with Gasteiger partial charge in [0.25, 0.3) is 0 Å². The van der Waals surface area contributed by atoms with E-state index < -0.39 is 6.63 Å². The minimum absolute atomic E-state index is 0.128. The first-order valence-corrected chi connectivity index (χ1v) is 16.2. The van der Waals surface area contributed by atoms with Crippen LogP contribution in [0.3, 0.4) is 0 Å². The normalized spacial score (nSPS) is 13.5. The quantitative estimate of drug-likeness (QED) is 0.103. The van der Waals surface area contributed by atoms with E-state index in [2.05, 4.69) is 56.2 Å². The Bertz CT molecular complexity index is 518. The van der Waals surface area contributed by atoms with E-state index in [1.807, 2.05) is 11.4 Å². The molecule has 0 heterocycles. The summed E-state index contributed by atoms with van der Waals surface area (Å²) in [5.41, 5.74) is 0. The number of nitrogens with one attached hydrogen (secondary N) is 1. The van der Waals surface area contributed by atoms with Crippen LogP contribution in [0.2, 0.25) is 0 Å². The molecule has 0 rings (SSSR count). The summed E-state index contributed by atoms with van der Waals surface area (Å²) in [6.45, 7) is 11.3. The maximum Gasteiger partial charge on any atom is 0.381 e. The Morgan fingerprint density at radius 3 is 2.10 bits per heavy atom. The van der Waals surface area contributed by atoms with Crippen molar-refractivity contribution < 1.29 is 13.6 Å². The molecule has 0 aliphatic heterocycles. The lowest BCUT2D eigenvalue weighted by Crippen LogP contribution is -2.27. The zero-order valence-corrected chi connectivity index (χ0v) is 23.0. The molecule has 0 aromatic rings. The fraction of sp³-hybridized carbons (Fsp3) is 0.880. The molecule has 4 nitrogen and oxygen atoms in total. The van der Waals surface area contributed by atoms with Crippen LogP contribution in [0.15, 0.2) is 12.2 Å². The molecule has 6 heteroatoms. The fourth-order valence-electron chi connectivity index (χ4n) is 3.39. The van der Waals surface area contributed by atoms with Crippen molar-refractivity contribution >= 4 is 23.9 Å². The minimum atomic E-state index is -2.17. The third-order valence-electron chi connectivity index (χ3n) is 5.28. The molecule has 0 aliphatic carbocycles. The first-order valence-electron chi connectivity index (χ1n) is 13.0. The summed E-state index contributed by atoms with van der Waals surface area (Å²) in [7, 11) is 0. The number of rotatable bonds is 21. The molecule has 0 saturated carbocycles. The van der Waals surface area contributed by atoms with E-state index in [-0.39, 0.29) is 5.91 Å². The lowest BCUT2D eigenvalue weighted by molar-refractivity contribution is -0.505. The van der Waals surface area contributed by atoms with Crippen LogP contribution >= 0.6 is 18.0 Å². The van der Waals surface area contributed by atoms with Crippen LogP contribution in [-0.2, 0) is 9.32 Å². The number of amides is 1. The molecule has 0 radical (unpaired) electrons. The van der Waals surface area contributed by atoms with E-state index >= 15 is 0 Å². The SMILES string of the molecule is CCCCCCCCC=CCCC(=O)NP(OCCC)(SCCCCC)=[N+](CC)CC. The summed E-state index contributed by atoms with van der Waals surface area (Å²) in [6, 6.07) is 0. The van der Waals surface area contributed by atoms with Gasteiger partial charge >= 0.3 is 6.63 Å². The minimum Gasteiger partial charge on any atom is -0.288 e. The van der Waals surface area contributed by atoms with Crippen molar-refractivity contribution in [3.05, 3.63) is 12.2 Å². The maximum atomic E-state index is 12.8. The standard InChI is InChI=1S/C25H51N2O2PS/c1-6-11-13-14-15-16-17-18-19-20-22-25(28)26-30(29-23-8-3,27(9-4)10-5)31-24-21-12-7-2/h18-19H,6-17,20-24H2,1-5H3/p+1. The van der Waals surface area contributed by atoms with Crippen LogP contribution in [0, 0.1) is 0 Å². The predicted octanol–water partition coefficient (Wildman–Crippen LogP) is 8.54. The molecule has 0 bridgehead atoms. The van der Waals surface area contributed by atoms with Gasteiger partial charge < -0.3 is 0 Å². The molecule has 1 unspecified atom stereocenters. The van der Waals surface area contributed by atoms with Gasteiger partial charge in [0.15, 0.2) is 0 Å². The fourth-order valence-corrected chi connectivity index (χ4v) is 9.51. The smallest absolute Gasteiger partial charge is 0.288 e. The van der Waals surface area contributed by atoms with Crippen molar-refractivity contribution in [2.75, 3.05) is 25.4 Å². The summed E-state index contributed by atoms with van der Waals surface area (Å²) in [5, 5.41) is 3.38. The van der Waals surface area contributed by atoms with Gasteiger partial charge in [-0.2, -0.15) is 0 Å². The van der Waals surface area contributed by atoms with E-state index in [1.54, 1.807) is 0 Å². The molecule has 1 N–H and O–H groups in total. The zero-order chi connectivity index (χ0) is 23.2. The molecule has 0 aliphatic rings. The number of nitrogens with zero attached hydrogens (tertiary/aromatic N) is 1. The number of carbonyl (C=O) groups excluding carboxylic acids is 1. The molecular formula is C25H52N2O2PS+. The lowest BCUT2D eigenvalue weighted by Gasteiger charge is -2.23. The molecule has 0 spiro atoms.